The molecule has 92 valence electrons. The molecule has 0 spiro atoms. The molecule has 0 saturated carbocycles. The maximum Gasteiger partial charge on any atom is 0.181 e. The first-order valence-corrected chi connectivity index (χ1v) is 7.71. The van der Waals surface area contributed by atoms with Gasteiger partial charge in [0.25, 0.3) is 0 Å². The van der Waals surface area contributed by atoms with Crippen molar-refractivity contribution >= 4 is 43.2 Å². The SMILES string of the molecule is CCCNCc1ncoc1-c1cc(Br)c(Br)s1. The lowest BCUT2D eigenvalue weighted by atomic mass is 10.3. The number of nitrogens with zero attached hydrogens (tertiary/aromatic N) is 1. The number of hydrogen-bond acceptors (Lipinski definition) is 4. The van der Waals surface area contributed by atoms with Gasteiger partial charge in [0.1, 0.15) is 5.69 Å². The third kappa shape index (κ3) is 3.19. The molecule has 6 heteroatoms. The average molecular weight is 380 g/mol. The normalized spacial score (nSPS) is 11.0. The van der Waals surface area contributed by atoms with Gasteiger partial charge in [0.15, 0.2) is 12.2 Å². The Hall–Kier alpha value is -0.170. The summed E-state index contributed by atoms with van der Waals surface area (Å²) >= 11 is 8.59. The molecular weight excluding hydrogens is 368 g/mol. The van der Waals surface area contributed by atoms with Crippen LogP contribution in [0.4, 0.5) is 0 Å². The molecule has 1 N–H and O–H groups in total. The molecule has 0 aromatic carbocycles. The summed E-state index contributed by atoms with van der Waals surface area (Å²) in [4.78, 5) is 5.33. The monoisotopic (exact) mass is 378 g/mol. The van der Waals surface area contributed by atoms with Gasteiger partial charge in [0.05, 0.1) is 8.66 Å². The first-order chi connectivity index (χ1) is 8.22. The molecular formula is C11H12Br2N2OS. The Bertz CT molecular complexity index is 476. The zero-order valence-corrected chi connectivity index (χ0v) is 13.3. The van der Waals surface area contributed by atoms with E-state index in [9.17, 15) is 0 Å². The maximum atomic E-state index is 5.47. The Morgan fingerprint density at radius 2 is 2.29 bits per heavy atom. The molecule has 0 atom stereocenters. The minimum atomic E-state index is 0.743. The molecule has 0 saturated heterocycles. The molecule has 0 amide bonds. The molecule has 0 aliphatic heterocycles. The van der Waals surface area contributed by atoms with Crippen molar-refractivity contribution in [2.45, 2.75) is 19.9 Å². The molecule has 2 heterocycles. The van der Waals surface area contributed by atoms with Gasteiger partial charge in [0, 0.05) is 11.0 Å². The number of halogens is 2. The molecule has 3 nitrogen and oxygen atoms in total. The molecule has 0 unspecified atom stereocenters. The summed E-state index contributed by atoms with van der Waals surface area (Å²) in [6.07, 6.45) is 2.61. The van der Waals surface area contributed by atoms with Crippen LogP contribution < -0.4 is 5.32 Å². The van der Waals surface area contributed by atoms with Crippen molar-refractivity contribution in [3.63, 3.8) is 0 Å². The van der Waals surface area contributed by atoms with Gasteiger partial charge in [-0.15, -0.1) is 11.3 Å². The van der Waals surface area contributed by atoms with E-state index in [4.69, 9.17) is 4.42 Å². The lowest BCUT2D eigenvalue weighted by molar-refractivity contribution is 0.570. The predicted octanol–water partition coefficient (Wildman–Crippen LogP) is 4.43. The van der Waals surface area contributed by atoms with Crippen LogP contribution in [-0.2, 0) is 6.54 Å². The van der Waals surface area contributed by atoms with Crippen molar-refractivity contribution in [1.29, 1.82) is 0 Å². The molecule has 2 aromatic rings. The summed E-state index contributed by atoms with van der Waals surface area (Å²) in [7, 11) is 0. The van der Waals surface area contributed by atoms with Gasteiger partial charge >= 0.3 is 0 Å². The number of rotatable bonds is 5. The van der Waals surface area contributed by atoms with Crippen LogP contribution in [0.25, 0.3) is 10.6 Å². The zero-order valence-electron chi connectivity index (χ0n) is 9.30. The number of aromatic nitrogens is 1. The number of oxazole rings is 1. The summed E-state index contributed by atoms with van der Waals surface area (Å²) in [6, 6.07) is 2.04. The predicted molar refractivity (Wildman–Crippen MR) is 77.2 cm³/mol. The average Bonchev–Trinajstić information content (AvgIpc) is 2.87. The van der Waals surface area contributed by atoms with Crippen molar-refractivity contribution in [3.8, 4) is 10.6 Å². The van der Waals surface area contributed by atoms with Crippen molar-refractivity contribution < 1.29 is 4.42 Å². The highest BCUT2D eigenvalue weighted by Gasteiger charge is 2.14. The Morgan fingerprint density at radius 1 is 1.47 bits per heavy atom. The van der Waals surface area contributed by atoms with Gasteiger partial charge in [-0.1, -0.05) is 6.92 Å². The van der Waals surface area contributed by atoms with Crippen LogP contribution >= 0.6 is 43.2 Å². The van der Waals surface area contributed by atoms with Gasteiger partial charge in [-0.05, 0) is 50.9 Å². The summed E-state index contributed by atoms with van der Waals surface area (Å²) in [5.74, 6) is 0.852. The van der Waals surface area contributed by atoms with E-state index in [1.807, 2.05) is 6.07 Å². The van der Waals surface area contributed by atoms with Crippen LogP contribution in [-0.4, -0.2) is 11.5 Å². The van der Waals surface area contributed by atoms with Crippen LogP contribution in [0, 0.1) is 0 Å². The second kappa shape index (κ2) is 6.13. The maximum absolute atomic E-state index is 5.47. The molecule has 0 radical (unpaired) electrons. The smallest absolute Gasteiger partial charge is 0.181 e. The minimum Gasteiger partial charge on any atom is -0.442 e. The summed E-state index contributed by atoms with van der Waals surface area (Å²) < 4.78 is 7.58. The van der Waals surface area contributed by atoms with Crippen LogP contribution in [0.5, 0.6) is 0 Å². The molecule has 0 fully saturated rings. The molecule has 0 bridgehead atoms. The van der Waals surface area contributed by atoms with Gasteiger partial charge < -0.3 is 9.73 Å². The minimum absolute atomic E-state index is 0.743. The van der Waals surface area contributed by atoms with Crippen LogP contribution in [0.1, 0.15) is 19.0 Å². The number of nitrogens with one attached hydrogen (secondary N) is 1. The van der Waals surface area contributed by atoms with Gasteiger partial charge in [0.2, 0.25) is 0 Å². The molecule has 17 heavy (non-hydrogen) atoms. The highest BCUT2D eigenvalue weighted by molar-refractivity contribution is 9.13. The topological polar surface area (TPSA) is 38.1 Å². The van der Waals surface area contributed by atoms with E-state index < -0.39 is 0 Å². The Balaban J connectivity index is 2.18. The first-order valence-electron chi connectivity index (χ1n) is 5.30. The van der Waals surface area contributed by atoms with Crippen LogP contribution in [0.3, 0.4) is 0 Å². The highest BCUT2D eigenvalue weighted by Crippen LogP contribution is 2.39. The second-order valence-corrected chi connectivity index (χ2v) is 6.76. The first kappa shape index (κ1) is 13.3. The quantitative estimate of drug-likeness (QED) is 0.781. The Kier molecular flexibility index (Phi) is 4.78. The van der Waals surface area contributed by atoms with E-state index in [2.05, 4.69) is 49.1 Å². The number of thiophene rings is 1. The molecule has 2 rings (SSSR count). The van der Waals surface area contributed by atoms with Crippen molar-refractivity contribution in [2.24, 2.45) is 0 Å². The lowest BCUT2D eigenvalue weighted by Gasteiger charge is -2.00. The molecule has 0 aliphatic rings. The molecule has 2 aromatic heterocycles. The van der Waals surface area contributed by atoms with Crippen molar-refractivity contribution in [1.82, 2.24) is 10.3 Å². The molecule has 0 aliphatic carbocycles. The zero-order chi connectivity index (χ0) is 12.3. The van der Waals surface area contributed by atoms with E-state index in [0.717, 1.165) is 44.1 Å². The van der Waals surface area contributed by atoms with Gasteiger partial charge in [-0.2, -0.15) is 0 Å². The Morgan fingerprint density at radius 3 is 2.94 bits per heavy atom. The third-order valence-electron chi connectivity index (χ3n) is 2.23. The van der Waals surface area contributed by atoms with E-state index >= 15 is 0 Å². The summed E-state index contributed by atoms with van der Waals surface area (Å²) in [6.45, 7) is 3.88. The second-order valence-electron chi connectivity index (χ2n) is 3.54. The summed E-state index contributed by atoms with van der Waals surface area (Å²) in [5.41, 5.74) is 0.958. The standard InChI is InChI=1S/C11H12Br2N2OS/c1-2-3-14-5-8-10(16-6-15-8)9-4-7(12)11(13)17-9/h4,6,14H,2-3,5H2,1H3. The van der Waals surface area contributed by atoms with E-state index in [0.29, 0.717) is 0 Å². The van der Waals surface area contributed by atoms with Crippen LogP contribution in [0.2, 0.25) is 0 Å². The van der Waals surface area contributed by atoms with E-state index in [1.54, 1.807) is 11.3 Å². The number of hydrogen-bond donors (Lipinski definition) is 1. The van der Waals surface area contributed by atoms with Gasteiger partial charge in [-0.3, -0.25) is 0 Å². The van der Waals surface area contributed by atoms with E-state index in [1.165, 1.54) is 6.39 Å². The third-order valence-corrected chi connectivity index (χ3v) is 5.48. The fraction of sp³-hybridized carbons (Fsp3) is 0.364. The fourth-order valence-corrected chi connectivity index (χ4v) is 3.48. The van der Waals surface area contributed by atoms with Crippen LogP contribution in [0.15, 0.2) is 25.1 Å². The lowest BCUT2D eigenvalue weighted by Crippen LogP contribution is -2.14. The van der Waals surface area contributed by atoms with Crippen molar-refractivity contribution in [3.05, 3.63) is 26.4 Å². The van der Waals surface area contributed by atoms with Crippen molar-refractivity contribution in [2.75, 3.05) is 6.54 Å². The summed E-state index contributed by atoms with van der Waals surface area (Å²) in [5, 5.41) is 3.33. The van der Waals surface area contributed by atoms with Gasteiger partial charge in [-0.25, -0.2) is 4.98 Å². The Labute approximate surface area is 121 Å². The fourth-order valence-electron chi connectivity index (χ4n) is 1.44. The van der Waals surface area contributed by atoms with E-state index in [-0.39, 0.29) is 0 Å². The largest absolute Gasteiger partial charge is 0.442 e. The highest BCUT2D eigenvalue weighted by atomic mass is 79.9.